The van der Waals surface area contributed by atoms with Crippen molar-refractivity contribution in [2.75, 3.05) is 4.90 Å². The summed E-state index contributed by atoms with van der Waals surface area (Å²) >= 11 is 0. The number of nitrogens with zero attached hydrogens (tertiary/aromatic N) is 2. The van der Waals surface area contributed by atoms with E-state index >= 15 is 0 Å². The minimum Gasteiger partial charge on any atom is -0.455 e. The molecular weight excluding hydrogens is 837 g/mol. The Morgan fingerprint density at radius 1 is 0.275 bits per heavy atom. The summed E-state index contributed by atoms with van der Waals surface area (Å²) in [6, 6.07) is 96.1. The topological polar surface area (TPSA) is 21.3 Å². The van der Waals surface area contributed by atoms with Crippen LogP contribution >= 0.6 is 0 Å². The van der Waals surface area contributed by atoms with Crippen molar-refractivity contribution >= 4 is 60.8 Å². The van der Waals surface area contributed by atoms with Crippen LogP contribution in [-0.2, 0) is 0 Å². The first-order valence-electron chi connectivity index (χ1n) is 23.6. The molecular formula is C66H44N2O. The summed E-state index contributed by atoms with van der Waals surface area (Å²) in [7, 11) is 0. The predicted octanol–water partition coefficient (Wildman–Crippen LogP) is 18.5. The standard InChI is InChI=1S/C66H44N2O/c1-2-16-45(17-3-1)46-34-36-47(37-35-46)50-19-13-22-54(43-50)67(53-40-38-48(39-41-53)49-18-12-20-51(42-49)57-28-15-29-61-60-27-7-11-33-65(60)69-66(57)61)55-23-14-21-52(44-55)56-24-4-8-30-62(56)68-63-31-9-5-25-58(63)59-26-6-10-32-64(59)68/h1-44H. The van der Waals surface area contributed by atoms with Crippen LogP contribution in [0.4, 0.5) is 17.1 Å². The Balaban J connectivity index is 0.913. The van der Waals surface area contributed by atoms with Gasteiger partial charge in [-0.1, -0.05) is 200 Å². The van der Waals surface area contributed by atoms with Gasteiger partial charge in [0.2, 0.25) is 0 Å². The zero-order valence-corrected chi connectivity index (χ0v) is 37.7. The molecule has 3 nitrogen and oxygen atoms in total. The minimum absolute atomic E-state index is 0.903. The molecule has 2 aromatic heterocycles. The van der Waals surface area contributed by atoms with Gasteiger partial charge in [-0.05, 0) is 111 Å². The smallest absolute Gasteiger partial charge is 0.143 e. The van der Waals surface area contributed by atoms with E-state index in [4.69, 9.17) is 4.42 Å². The Hall–Kier alpha value is -9.18. The first-order valence-corrected chi connectivity index (χ1v) is 23.6. The van der Waals surface area contributed by atoms with Crippen LogP contribution in [0.25, 0.3) is 105 Å². The number of hydrogen-bond donors (Lipinski definition) is 0. The van der Waals surface area contributed by atoms with Crippen molar-refractivity contribution in [2.45, 2.75) is 0 Å². The SMILES string of the molecule is c1ccc(-c2ccc(-c3cccc(N(c4ccc(-c5cccc(-c6cccc7c6oc6ccccc67)c5)cc4)c4cccc(-c5ccccc5-n5c6ccccc6c6ccccc65)c4)c3)cc2)cc1. The zero-order valence-electron chi connectivity index (χ0n) is 37.7. The molecule has 2 heterocycles. The maximum Gasteiger partial charge on any atom is 0.143 e. The lowest BCUT2D eigenvalue weighted by Crippen LogP contribution is -2.10. The molecule has 0 unspecified atom stereocenters. The molecule has 0 amide bonds. The highest BCUT2D eigenvalue weighted by Crippen LogP contribution is 2.42. The maximum absolute atomic E-state index is 6.46. The van der Waals surface area contributed by atoms with Gasteiger partial charge in [-0.3, -0.25) is 0 Å². The van der Waals surface area contributed by atoms with Gasteiger partial charge in [0.1, 0.15) is 11.2 Å². The molecule has 324 valence electrons. The normalized spacial score (nSPS) is 11.5. The Morgan fingerprint density at radius 3 is 1.43 bits per heavy atom. The van der Waals surface area contributed by atoms with Crippen LogP contribution in [0.2, 0.25) is 0 Å². The molecule has 0 N–H and O–H groups in total. The van der Waals surface area contributed by atoms with E-state index in [1.165, 1.54) is 38.5 Å². The molecule has 13 rings (SSSR count). The Kier molecular flexibility index (Phi) is 9.84. The van der Waals surface area contributed by atoms with Crippen LogP contribution in [0.1, 0.15) is 0 Å². The molecule has 0 atom stereocenters. The van der Waals surface area contributed by atoms with Crippen molar-refractivity contribution in [3.8, 4) is 61.3 Å². The number of para-hydroxylation sites is 5. The second kappa shape index (κ2) is 16.9. The molecule has 0 spiro atoms. The quantitative estimate of drug-likeness (QED) is 0.144. The summed E-state index contributed by atoms with van der Waals surface area (Å²) in [4.78, 5) is 2.39. The number of anilines is 3. The number of rotatable bonds is 9. The molecule has 0 radical (unpaired) electrons. The Bertz CT molecular complexity index is 3960. The summed E-state index contributed by atoms with van der Waals surface area (Å²) in [5.41, 5.74) is 20.0. The molecule has 0 aliphatic heterocycles. The largest absolute Gasteiger partial charge is 0.455 e. The first kappa shape index (κ1) is 40.1. The van der Waals surface area contributed by atoms with Gasteiger partial charge in [-0.2, -0.15) is 0 Å². The van der Waals surface area contributed by atoms with Crippen LogP contribution < -0.4 is 4.90 Å². The summed E-state index contributed by atoms with van der Waals surface area (Å²) < 4.78 is 8.88. The lowest BCUT2D eigenvalue weighted by molar-refractivity contribution is 0.670. The van der Waals surface area contributed by atoms with Gasteiger partial charge < -0.3 is 13.9 Å². The fourth-order valence-corrected chi connectivity index (χ4v) is 10.3. The lowest BCUT2D eigenvalue weighted by Gasteiger charge is -2.27. The molecule has 0 bridgehead atoms. The first-order chi connectivity index (χ1) is 34.2. The third kappa shape index (κ3) is 7.16. The lowest BCUT2D eigenvalue weighted by atomic mass is 9.97. The number of aromatic nitrogens is 1. The van der Waals surface area contributed by atoms with Gasteiger partial charge in [0.05, 0.1) is 16.7 Å². The highest BCUT2D eigenvalue weighted by Gasteiger charge is 2.19. The van der Waals surface area contributed by atoms with Crippen molar-refractivity contribution in [1.29, 1.82) is 0 Å². The molecule has 3 heteroatoms. The number of hydrogen-bond acceptors (Lipinski definition) is 2. The van der Waals surface area contributed by atoms with Gasteiger partial charge in [-0.25, -0.2) is 0 Å². The molecule has 0 fully saturated rings. The maximum atomic E-state index is 6.46. The van der Waals surface area contributed by atoms with Crippen molar-refractivity contribution in [3.63, 3.8) is 0 Å². The average Bonchev–Trinajstić information content (AvgIpc) is 3.98. The molecule has 0 aliphatic rings. The summed E-state index contributed by atoms with van der Waals surface area (Å²) in [6.07, 6.45) is 0. The highest BCUT2D eigenvalue weighted by atomic mass is 16.3. The predicted molar refractivity (Wildman–Crippen MR) is 290 cm³/mol. The number of fused-ring (bicyclic) bond motifs is 6. The van der Waals surface area contributed by atoms with Crippen molar-refractivity contribution in [1.82, 2.24) is 4.57 Å². The van der Waals surface area contributed by atoms with E-state index in [-0.39, 0.29) is 0 Å². The van der Waals surface area contributed by atoms with Gasteiger partial charge in [0, 0.05) is 49.7 Å². The summed E-state index contributed by atoms with van der Waals surface area (Å²) in [5.74, 6) is 0. The molecule has 0 saturated carbocycles. The number of benzene rings is 11. The van der Waals surface area contributed by atoms with E-state index in [1.807, 2.05) is 12.1 Å². The van der Waals surface area contributed by atoms with Crippen molar-refractivity contribution in [2.24, 2.45) is 0 Å². The van der Waals surface area contributed by atoms with E-state index in [1.54, 1.807) is 0 Å². The van der Waals surface area contributed by atoms with Crippen LogP contribution in [0.5, 0.6) is 0 Å². The van der Waals surface area contributed by atoms with E-state index in [0.717, 1.165) is 83.6 Å². The van der Waals surface area contributed by atoms with Crippen LogP contribution in [0.3, 0.4) is 0 Å². The fraction of sp³-hybridized carbons (Fsp3) is 0. The Labute approximate surface area is 401 Å². The van der Waals surface area contributed by atoms with E-state index in [2.05, 4.69) is 264 Å². The van der Waals surface area contributed by atoms with Crippen LogP contribution in [-0.4, -0.2) is 4.57 Å². The third-order valence-corrected chi connectivity index (χ3v) is 13.6. The summed E-state index contributed by atoms with van der Waals surface area (Å²) in [5, 5.41) is 4.76. The van der Waals surface area contributed by atoms with Gasteiger partial charge in [-0.15, -0.1) is 0 Å². The highest BCUT2D eigenvalue weighted by molar-refractivity contribution is 6.11. The molecule has 13 aromatic rings. The van der Waals surface area contributed by atoms with E-state index in [0.29, 0.717) is 0 Å². The van der Waals surface area contributed by atoms with Crippen molar-refractivity contribution in [3.05, 3.63) is 267 Å². The molecule has 0 saturated heterocycles. The zero-order chi connectivity index (χ0) is 45.7. The van der Waals surface area contributed by atoms with Gasteiger partial charge in [0.25, 0.3) is 0 Å². The second-order valence-electron chi connectivity index (χ2n) is 17.7. The summed E-state index contributed by atoms with van der Waals surface area (Å²) in [6.45, 7) is 0. The monoisotopic (exact) mass is 880 g/mol. The Morgan fingerprint density at radius 2 is 0.725 bits per heavy atom. The second-order valence-corrected chi connectivity index (χ2v) is 17.7. The van der Waals surface area contributed by atoms with E-state index < -0.39 is 0 Å². The van der Waals surface area contributed by atoms with E-state index in [9.17, 15) is 0 Å². The molecule has 11 aromatic carbocycles. The molecule has 0 aliphatic carbocycles. The minimum atomic E-state index is 0.903. The van der Waals surface area contributed by atoms with Crippen LogP contribution in [0.15, 0.2) is 271 Å². The number of furan rings is 1. The third-order valence-electron chi connectivity index (χ3n) is 13.6. The van der Waals surface area contributed by atoms with Crippen LogP contribution in [0, 0.1) is 0 Å². The average molecular weight is 881 g/mol. The van der Waals surface area contributed by atoms with Gasteiger partial charge in [0.15, 0.2) is 0 Å². The fourth-order valence-electron chi connectivity index (χ4n) is 10.3. The van der Waals surface area contributed by atoms with Crippen molar-refractivity contribution < 1.29 is 4.42 Å². The van der Waals surface area contributed by atoms with Gasteiger partial charge >= 0.3 is 0 Å². The molecule has 69 heavy (non-hydrogen) atoms.